The van der Waals surface area contributed by atoms with Gasteiger partial charge >= 0.3 is 0 Å². The molecule has 1 aliphatic rings. The third kappa shape index (κ3) is 4.13. The number of benzene rings is 1. The molecule has 3 rings (SSSR count). The average Bonchev–Trinajstić information content (AvgIpc) is 2.57. The Hall–Kier alpha value is -2.49. The molecular formula is C17H13Cl2N3O3. The number of hydrogen-bond acceptors (Lipinski definition) is 5. The summed E-state index contributed by atoms with van der Waals surface area (Å²) in [6.07, 6.45) is 1.37. The van der Waals surface area contributed by atoms with Gasteiger partial charge < -0.3 is 14.4 Å². The first-order valence-electron chi connectivity index (χ1n) is 7.44. The smallest absolute Gasteiger partial charge is 0.260 e. The summed E-state index contributed by atoms with van der Waals surface area (Å²) in [6, 6.07) is 10.1. The summed E-state index contributed by atoms with van der Waals surface area (Å²) in [5.74, 6) is 0.513. The first kappa shape index (κ1) is 17.3. The van der Waals surface area contributed by atoms with E-state index in [2.05, 4.69) is 4.98 Å². The normalized spacial score (nSPS) is 13.7. The highest BCUT2D eigenvalue weighted by Crippen LogP contribution is 2.27. The van der Waals surface area contributed by atoms with Crippen LogP contribution >= 0.6 is 23.2 Å². The second kappa shape index (κ2) is 7.60. The molecule has 0 radical (unpaired) electrons. The highest BCUT2D eigenvalue weighted by atomic mass is 35.5. The number of pyridine rings is 1. The van der Waals surface area contributed by atoms with Gasteiger partial charge in [-0.1, -0.05) is 23.2 Å². The summed E-state index contributed by atoms with van der Waals surface area (Å²) in [7, 11) is 0. The molecule has 0 spiro atoms. The Bertz CT molecular complexity index is 832. The van der Waals surface area contributed by atoms with Crippen molar-refractivity contribution in [2.75, 3.05) is 19.7 Å². The highest BCUT2D eigenvalue weighted by Gasteiger charge is 2.33. The largest absolute Gasteiger partial charge is 0.482 e. The van der Waals surface area contributed by atoms with Crippen LogP contribution in [0.5, 0.6) is 11.6 Å². The van der Waals surface area contributed by atoms with E-state index in [1.807, 2.05) is 6.07 Å². The first-order chi connectivity index (χ1) is 12.1. The second-order valence-corrected chi connectivity index (χ2v) is 6.21. The van der Waals surface area contributed by atoms with Gasteiger partial charge in [0.25, 0.3) is 5.91 Å². The molecule has 25 heavy (non-hydrogen) atoms. The van der Waals surface area contributed by atoms with Crippen LogP contribution in [0.25, 0.3) is 0 Å². The number of likely N-dealkylation sites (tertiary alicyclic amines) is 1. The van der Waals surface area contributed by atoms with E-state index in [4.69, 9.17) is 37.9 Å². The van der Waals surface area contributed by atoms with E-state index in [-0.39, 0.29) is 24.5 Å². The van der Waals surface area contributed by atoms with E-state index in [1.165, 1.54) is 0 Å². The van der Waals surface area contributed by atoms with Crippen LogP contribution in [0.4, 0.5) is 0 Å². The maximum absolute atomic E-state index is 12.1. The van der Waals surface area contributed by atoms with Gasteiger partial charge in [-0.05, 0) is 30.3 Å². The Kier molecular flexibility index (Phi) is 5.27. The summed E-state index contributed by atoms with van der Waals surface area (Å²) < 4.78 is 11.1. The number of nitrogens with zero attached hydrogens (tertiary/aromatic N) is 3. The van der Waals surface area contributed by atoms with Crippen LogP contribution in [-0.4, -0.2) is 41.6 Å². The topological polar surface area (TPSA) is 75.5 Å². The van der Waals surface area contributed by atoms with E-state index >= 15 is 0 Å². The van der Waals surface area contributed by atoms with Crippen LogP contribution in [0, 0.1) is 11.3 Å². The molecule has 1 fully saturated rings. The number of amides is 1. The van der Waals surface area contributed by atoms with Crippen LogP contribution in [0.2, 0.25) is 10.0 Å². The number of aromatic nitrogens is 1. The molecule has 0 atom stereocenters. The minimum Gasteiger partial charge on any atom is -0.482 e. The average molecular weight is 378 g/mol. The van der Waals surface area contributed by atoms with Gasteiger partial charge in [-0.25, -0.2) is 4.98 Å². The fraction of sp³-hybridized carbons (Fsp3) is 0.235. The molecule has 1 saturated heterocycles. The van der Waals surface area contributed by atoms with Gasteiger partial charge in [0.15, 0.2) is 6.61 Å². The van der Waals surface area contributed by atoms with Crippen molar-refractivity contribution in [1.29, 1.82) is 5.26 Å². The van der Waals surface area contributed by atoms with Crippen LogP contribution in [0.3, 0.4) is 0 Å². The molecule has 1 aromatic carbocycles. The Morgan fingerprint density at radius 2 is 2.16 bits per heavy atom. The molecule has 128 valence electrons. The van der Waals surface area contributed by atoms with E-state index in [9.17, 15) is 4.79 Å². The summed E-state index contributed by atoms with van der Waals surface area (Å²) in [4.78, 5) is 17.7. The number of carbonyl (C=O) groups is 1. The Morgan fingerprint density at radius 3 is 2.88 bits per heavy atom. The third-order valence-electron chi connectivity index (χ3n) is 3.62. The molecule has 0 aliphatic carbocycles. The Labute approximate surface area is 154 Å². The molecule has 6 nitrogen and oxygen atoms in total. The van der Waals surface area contributed by atoms with Crippen LogP contribution in [0.1, 0.15) is 5.56 Å². The number of carbonyl (C=O) groups excluding carboxylic acids is 1. The van der Waals surface area contributed by atoms with Gasteiger partial charge in [-0.2, -0.15) is 5.26 Å². The quantitative estimate of drug-likeness (QED) is 0.800. The van der Waals surface area contributed by atoms with Crippen LogP contribution in [-0.2, 0) is 4.79 Å². The maximum atomic E-state index is 12.1. The molecule has 0 saturated carbocycles. The van der Waals surface area contributed by atoms with Gasteiger partial charge in [-0.15, -0.1) is 0 Å². The van der Waals surface area contributed by atoms with Gasteiger partial charge in [0.05, 0.1) is 18.1 Å². The minimum absolute atomic E-state index is 0.124. The zero-order valence-electron chi connectivity index (χ0n) is 13.0. The molecular weight excluding hydrogens is 365 g/mol. The van der Waals surface area contributed by atoms with Gasteiger partial charge in [0.2, 0.25) is 5.88 Å². The summed E-state index contributed by atoms with van der Waals surface area (Å²) in [5, 5.41) is 9.86. The van der Waals surface area contributed by atoms with Gasteiger partial charge in [-0.3, -0.25) is 4.79 Å². The lowest BCUT2D eigenvalue weighted by atomic mass is 10.1. The Morgan fingerprint density at radius 1 is 1.36 bits per heavy atom. The summed E-state index contributed by atoms with van der Waals surface area (Å²) >= 11 is 11.8. The Balaban J connectivity index is 1.47. The fourth-order valence-corrected chi connectivity index (χ4v) is 2.73. The third-order valence-corrected chi connectivity index (χ3v) is 4.15. The zero-order chi connectivity index (χ0) is 17.8. The van der Waals surface area contributed by atoms with Crippen molar-refractivity contribution in [3.8, 4) is 17.7 Å². The minimum atomic E-state index is -0.190. The van der Waals surface area contributed by atoms with Crippen LogP contribution < -0.4 is 9.47 Å². The molecule has 1 amide bonds. The van der Waals surface area contributed by atoms with E-state index < -0.39 is 0 Å². The van der Waals surface area contributed by atoms with Crippen molar-refractivity contribution < 1.29 is 14.3 Å². The molecule has 8 heteroatoms. The van der Waals surface area contributed by atoms with Crippen LogP contribution in [0.15, 0.2) is 36.5 Å². The molecule has 0 bridgehead atoms. The molecule has 0 N–H and O–H groups in total. The van der Waals surface area contributed by atoms with E-state index in [1.54, 1.807) is 41.4 Å². The number of nitriles is 1. The molecule has 2 heterocycles. The maximum Gasteiger partial charge on any atom is 0.260 e. The highest BCUT2D eigenvalue weighted by molar-refractivity contribution is 6.35. The lowest BCUT2D eigenvalue weighted by molar-refractivity contribution is -0.142. The lowest BCUT2D eigenvalue weighted by Gasteiger charge is -2.38. The van der Waals surface area contributed by atoms with Crippen molar-refractivity contribution in [3.63, 3.8) is 0 Å². The van der Waals surface area contributed by atoms with Crippen molar-refractivity contribution in [2.24, 2.45) is 0 Å². The first-order valence-corrected chi connectivity index (χ1v) is 8.20. The predicted octanol–water partition coefficient (Wildman–Crippen LogP) is 2.93. The van der Waals surface area contributed by atoms with Gasteiger partial charge in [0.1, 0.15) is 23.5 Å². The lowest BCUT2D eigenvalue weighted by Crippen LogP contribution is -2.57. The second-order valence-electron chi connectivity index (χ2n) is 5.37. The molecule has 0 unspecified atom stereocenters. The number of hydrogen-bond donors (Lipinski definition) is 0. The van der Waals surface area contributed by atoms with E-state index in [0.29, 0.717) is 34.4 Å². The monoisotopic (exact) mass is 377 g/mol. The SMILES string of the molecule is N#Cc1cccnc1OC1CN(C(=O)COc2ccc(Cl)cc2Cl)C1. The zero-order valence-corrected chi connectivity index (χ0v) is 14.5. The van der Waals surface area contributed by atoms with Crippen molar-refractivity contribution >= 4 is 29.1 Å². The van der Waals surface area contributed by atoms with Gasteiger partial charge in [0, 0.05) is 11.2 Å². The summed E-state index contributed by atoms with van der Waals surface area (Å²) in [5.41, 5.74) is 0.369. The van der Waals surface area contributed by atoms with Crippen molar-refractivity contribution in [1.82, 2.24) is 9.88 Å². The predicted molar refractivity (Wildman–Crippen MR) is 91.9 cm³/mol. The fourth-order valence-electron chi connectivity index (χ4n) is 2.27. The van der Waals surface area contributed by atoms with Crippen molar-refractivity contribution in [2.45, 2.75) is 6.10 Å². The number of rotatable bonds is 5. The van der Waals surface area contributed by atoms with Crippen molar-refractivity contribution in [3.05, 3.63) is 52.1 Å². The van der Waals surface area contributed by atoms with E-state index in [0.717, 1.165) is 0 Å². The molecule has 2 aromatic rings. The number of ether oxygens (including phenoxy) is 2. The number of halogens is 2. The molecule has 1 aliphatic heterocycles. The standard InChI is InChI=1S/C17H13Cl2N3O3/c18-12-3-4-15(14(19)6-12)24-10-16(23)22-8-13(9-22)25-17-11(7-20)2-1-5-21-17/h1-6,13H,8-10H2. The summed E-state index contributed by atoms with van der Waals surface area (Å²) in [6.45, 7) is 0.705. The molecule has 1 aromatic heterocycles.